The van der Waals surface area contributed by atoms with Crippen molar-refractivity contribution in [3.63, 3.8) is 0 Å². The average Bonchev–Trinajstić information content (AvgIpc) is 2.87. The van der Waals surface area contributed by atoms with Gasteiger partial charge >= 0.3 is 0 Å². The Balaban J connectivity index is 2.29. The van der Waals surface area contributed by atoms with Crippen LogP contribution in [-0.2, 0) is 16.6 Å². The number of allylic oxidation sites excluding steroid dienone is 1. The van der Waals surface area contributed by atoms with E-state index in [0.29, 0.717) is 10.2 Å². The molecule has 0 N–H and O–H groups in total. The Labute approximate surface area is 136 Å². The molecule has 0 atom stereocenters. The van der Waals surface area contributed by atoms with Gasteiger partial charge in [-0.05, 0) is 24.3 Å². The third kappa shape index (κ3) is 2.97. The lowest BCUT2D eigenvalue weighted by Crippen LogP contribution is -2.17. The number of benzene rings is 2. The van der Waals surface area contributed by atoms with Crippen molar-refractivity contribution in [3.05, 3.63) is 71.8 Å². The molecule has 1 heterocycles. The molecule has 7 heteroatoms. The molecule has 3 aromatic rings. The molecule has 0 bridgehead atoms. The van der Waals surface area contributed by atoms with Crippen LogP contribution in [0.15, 0.2) is 70.5 Å². The summed E-state index contributed by atoms with van der Waals surface area (Å²) in [5.74, 6) is -0.417. The monoisotopic (exact) mass is 348 g/mol. The average molecular weight is 348 g/mol. The van der Waals surface area contributed by atoms with Gasteiger partial charge in [-0.25, -0.2) is 4.39 Å². The molecule has 4 nitrogen and oxygen atoms in total. The lowest BCUT2D eigenvalue weighted by atomic mass is 10.3. The van der Waals surface area contributed by atoms with Gasteiger partial charge in [-0.2, -0.15) is 8.42 Å². The summed E-state index contributed by atoms with van der Waals surface area (Å²) in [7, 11) is -3.86. The molecule has 0 spiro atoms. The smallest absolute Gasteiger partial charge is 0.285 e. The van der Waals surface area contributed by atoms with Crippen LogP contribution < -0.4 is 4.80 Å². The van der Waals surface area contributed by atoms with Crippen LogP contribution in [0.4, 0.5) is 4.39 Å². The number of sulfonamides is 1. The quantitative estimate of drug-likeness (QED) is 0.679. The Bertz CT molecular complexity index is 1030. The van der Waals surface area contributed by atoms with Crippen molar-refractivity contribution in [2.24, 2.45) is 4.40 Å². The van der Waals surface area contributed by atoms with Crippen molar-refractivity contribution in [3.8, 4) is 0 Å². The number of fused-ring (bicyclic) bond motifs is 1. The van der Waals surface area contributed by atoms with Gasteiger partial charge in [0.1, 0.15) is 5.82 Å². The topological polar surface area (TPSA) is 51.4 Å². The molecule has 0 fully saturated rings. The van der Waals surface area contributed by atoms with Gasteiger partial charge < -0.3 is 4.57 Å². The molecular formula is C16H13FN2O2S2. The molecule has 0 aliphatic rings. The fourth-order valence-electron chi connectivity index (χ4n) is 2.20. The van der Waals surface area contributed by atoms with E-state index in [9.17, 15) is 12.8 Å². The van der Waals surface area contributed by atoms with Crippen molar-refractivity contribution in [1.29, 1.82) is 0 Å². The summed E-state index contributed by atoms with van der Waals surface area (Å²) in [4.78, 5) is 0.317. The van der Waals surface area contributed by atoms with Crippen LogP contribution in [0.3, 0.4) is 0 Å². The van der Waals surface area contributed by atoms with E-state index in [-0.39, 0.29) is 16.2 Å². The van der Waals surface area contributed by atoms with Gasteiger partial charge in [-0.1, -0.05) is 41.7 Å². The fourth-order valence-corrected chi connectivity index (χ4v) is 4.48. The maximum Gasteiger partial charge on any atom is 0.285 e. The summed E-state index contributed by atoms with van der Waals surface area (Å²) in [6.45, 7) is 3.91. The predicted octanol–water partition coefficient (Wildman–Crippen LogP) is 3.32. The first-order valence-electron chi connectivity index (χ1n) is 6.78. The summed E-state index contributed by atoms with van der Waals surface area (Å²) < 4.78 is 45.0. The lowest BCUT2D eigenvalue weighted by molar-refractivity contribution is 0.595. The zero-order chi connectivity index (χ0) is 16.4. The molecule has 0 saturated carbocycles. The minimum atomic E-state index is -3.86. The van der Waals surface area contributed by atoms with E-state index in [0.717, 1.165) is 11.3 Å². The predicted molar refractivity (Wildman–Crippen MR) is 89.2 cm³/mol. The van der Waals surface area contributed by atoms with Crippen molar-refractivity contribution in [2.45, 2.75) is 11.4 Å². The standard InChI is InChI=1S/C16H13FN2O2S2/c1-2-11-19-15-13(17)9-6-10-14(15)22-16(19)18-23(20,21)12-7-4-3-5-8-12/h2-10H,1,11H2. The number of para-hydroxylation sites is 1. The highest BCUT2D eigenvalue weighted by atomic mass is 32.2. The van der Waals surface area contributed by atoms with Crippen LogP contribution in [0.2, 0.25) is 0 Å². The second-order valence-electron chi connectivity index (χ2n) is 4.75. The normalized spacial score (nSPS) is 12.7. The second kappa shape index (κ2) is 6.10. The van der Waals surface area contributed by atoms with E-state index in [1.807, 2.05) is 0 Å². The van der Waals surface area contributed by atoms with Crippen LogP contribution in [0.5, 0.6) is 0 Å². The summed E-state index contributed by atoms with van der Waals surface area (Å²) in [6.07, 6.45) is 1.58. The molecule has 3 rings (SSSR count). The zero-order valence-electron chi connectivity index (χ0n) is 12.0. The molecule has 2 aromatic carbocycles. The molecule has 0 aliphatic heterocycles. The first-order valence-corrected chi connectivity index (χ1v) is 9.03. The van der Waals surface area contributed by atoms with Crippen molar-refractivity contribution in [2.75, 3.05) is 0 Å². The summed E-state index contributed by atoms with van der Waals surface area (Å²) in [5, 5.41) is 0. The Morgan fingerprint density at radius 2 is 1.91 bits per heavy atom. The third-order valence-corrected chi connectivity index (χ3v) is 5.64. The maximum atomic E-state index is 14.1. The van der Waals surface area contributed by atoms with E-state index >= 15 is 0 Å². The second-order valence-corrected chi connectivity index (χ2v) is 7.36. The Morgan fingerprint density at radius 3 is 2.61 bits per heavy atom. The van der Waals surface area contributed by atoms with Crippen LogP contribution in [0.25, 0.3) is 10.2 Å². The van der Waals surface area contributed by atoms with Gasteiger partial charge in [0.2, 0.25) is 4.80 Å². The van der Waals surface area contributed by atoms with Gasteiger partial charge in [-0.3, -0.25) is 0 Å². The summed E-state index contributed by atoms with van der Waals surface area (Å²) in [6, 6.07) is 12.6. The highest BCUT2D eigenvalue weighted by Crippen LogP contribution is 2.21. The van der Waals surface area contributed by atoms with E-state index < -0.39 is 15.8 Å². The zero-order valence-corrected chi connectivity index (χ0v) is 13.6. The number of rotatable bonds is 4. The lowest BCUT2D eigenvalue weighted by Gasteiger charge is -2.02. The number of thiazole rings is 1. The summed E-state index contributed by atoms with van der Waals surface area (Å²) in [5.41, 5.74) is 0.333. The minimum Gasteiger partial charge on any atom is -0.309 e. The molecule has 1 aromatic heterocycles. The molecule has 0 radical (unpaired) electrons. The fraction of sp³-hybridized carbons (Fsp3) is 0.0625. The highest BCUT2D eigenvalue weighted by Gasteiger charge is 2.15. The number of hydrogen-bond donors (Lipinski definition) is 0. The van der Waals surface area contributed by atoms with Crippen molar-refractivity contribution in [1.82, 2.24) is 4.57 Å². The van der Waals surface area contributed by atoms with Gasteiger partial charge in [0.25, 0.3) is 10.0 Å². The van der Waals surface area contributed by atoms with E-state index in [1.54, 1.807) is 36.4 Å². The summed E-state index contributed by atoms with van der Waals surface area (Å²) >= 11 is 1.13. The first kappa shape index (κ1) is 15.6. The van der Waals surface area contributed by atoms with E-state index in [4.69, 9.17) is 0 Å². The molecular weight excluding hydrogens is 335 g/mol. The molecule has 0 amide bonds. The largest absolute Gasteiger partial charge is 0.309 e. The minimum absolute atomic E-state index is 0.100. The van der Waals surface area contributed by atoms with Crippen LogP contribution in [0.1, 0.15) is 0 Å². The van der Waals surface area contributed by atoms with Gasteiger partial charge in [-0.15, -0.1) is 11.0 Å². The Kier molecular flexibility index (Phi) is 4.14. The molecule has 0 unspecified atom stereocenters. The van der Waals surface area contributed by atoms with Crippen LogP contribution in [-0.4, -0.2) is 13.0 Å². The molecule has 23 heavy (non-hydrogen) atoms. The number of nitrogens with zero attached hydrogens (tertiary/aromatic N) is 2. The number of halogens is 1. The number of hydrogen-bond acceptors (Lipinski definition) is 3. The molecule has 0 saturated heterocycles. The Hall–Kier alpha value is -2.25. The van der Waals surface area contributed by atoms with Crippen molar-refractivity contribution < 1.29 is 12.8 Å². The number of aromatic nitrogens is 1. The van der Waals surface area contributed by atoms with E-state index in [2.05, 4.69) is 11.0 Å². The van der Waals surface area contributed by atoms with Gasteiger partial charge in [0, 0.05) is 6.54 Å². The van der Waals surface area contributed by atoms with Crippen molar-refractivity contribution >= 4 is 31.6 Å². The maximum absolute atomic E-state index is 14.1. The molecule has 0 aliphatic carbocycles. The third-order valence-electron chi connectivity index (χ3n) is 3.20. The SMILES string of the molecule is C=CCn1c(=NS(=O)(=O)c2ccccc2)sc2cccc(F)c21. The van der Waals surface area contributed by atoms with Crippen LogP contribution in [0, 0.1) is 5.82 Å². The molecule has 118 valence electrons. The van der Waals surface area contributed by atoms with E-state index in [1.165, 1.54) is 22.8 Å². The first-order chi connectivity index (χ1) is 11.0. The van der Waals surface area contributed by atoms with Crippen LogP contribution >= 0.6 is 11.3 Å². The highest BCUT2D eigenvalue weighted by molar-refractivity contribution is 7.90. The Morgan fingerprint density at radius 1 is 1.17 bits per heavy atom. The van der Waals surface area contributed by atoms with Gasteiger partial charge in [0.15, 0.2) is 0 Å². The van der Waals surface area contributed by atoms with Gasteiger partial charge in [0.05, 0.1) is 15.1 Å².